The summed E-state index contributed by atoms with van der Waals surface area (Å²) >= 11 is 1.60. The Bertz CT molecular complexity index is 600. The topological polar surface area (TPSA) is 57.0 Å². The van der Waals surface area contributed by atoms with Crippen molar-refractivity contribution in [1.29, 1.82) is 0 Å². The van der Waals surface area contributed by atoms with E-state index in [-0.39, 0.29) is 5.97 Å². The minimum Gasteiger partial charge on any atom is -0.461 e. The van der Waals surface area contributed by atoms with Crippen LogP contribution in [0.3, 0.4) is 0 Å². The molecule has 2 aromatic heterocycles. The highest BCUT2D eigenvalue weighted by atomic mass is 32.1. The predicted octanol–water partition coefficient (Wildman–Crippen LogP) is 3.69. The Kier molecular flexibility index (Phi) is 4.34. The quantitative estimate of drug-likeness (QED) is 0.808. The molecule has 0 atom stereocenters. The molecule has 1 aliphatic carbocycles. The molecule has 0 unspecified atom stereocenters. The number of nitrogens with zero attached hydrogens (tertiary/aromatic N) is 3. The van der Waals surface area contributed by atoms with Gasteiger partial charge in [-0.1, -0.05) is 30.5 Å². The number of aromatic nitrogens is 3. The van der Waals surface area contributed by atoms with Crippen LogP contribution in [0.25, 0.3) is 10.6 Å². The van der Waals surface area contributed by atoms with Gasteiger partial charge in [-0.3, -0.25) is 0 Å². The largest absolute Gasteiger partial charge is 0.461 e. The molecule has 0 spiro atoms. The summed E-state index contributed by atoms with van der Waals surface area (Å²) in [6.45, 7) is 2.15. The third-order valence-electron chi connectivity index (χ3n) is 3.84. The van der Waals surface area contributed by atoms with E-state index in [1.54, 1.807) is 18.3 Å². The van der Waals surface area contributed by atoms with E-state index in [0.29, 0.717) is 18.3 Å². The first kappa shape index (κ1) is 14.3. The van der Waals surface area contributed by atoms with Crippen LogP contribution in [0.4, 0.5) is 0 Å². The van der Waals surface area contributed by atoms with Gasteiger partial charge in [-0.05, 0) is 31.2 Å². The van der Waals surface area contributed by atoms with Crippen LogP contribution in [0, 0.1) is 0 Å². The first-order chi connectivity index (χ1) is 10.3. The zero-order valence-corrected chi connectivity index (χ0v) is 12.9. The number of thiophene rings is 1. The molecule has 1 saturated carbocycles. The lowest BCUT2D eigenvalue weighted by molar-refractivity contribution is 0.0520. The van der Waals surface area contributed by atoms with Crippen molar-refractivity contribution in [3.8, 4) is 10.6 Å². The molecule has 0 saturated heterocycles. The van der Waals surface area contributed by atoms with E-state index in [1.165, 1.54) is 19.3 Å². The number of hydrogen-bond acceptors (Lipinski definition) is 5. The lowest BCUT2D eigenvalue weighted by Crippen LogP contribution is -2.16. The highest BCUT2D eigenvalue weighted by Gasteiger charge is 2.27. The average molecular weight is 305 g/mol. The van der Waals surface area contributed by atoms with Gasteiger partial charge in [0.2, 0.25) is 0 Å². The molecule has 0 bridgehead atoms. The Morgan fingerprint density at radius 1 is 1.43 bits per heavy atom. The maximum absolute atomic E-state index is 12.1. The number of ether oxygens (including phenoxy) is 1. The molecule has 0 radical (unpaired) electrons. The van der Waals surface area contributed by atoms with Gasteiger partial charge in [0.1, 0.15) is 5.69 Å². The summed E-state index contributed by atoms with van der Waals surface area (Å²) in [7, 11) is 0. The van der Waals surface area contributed by atoms with Gasteiger partial charge in [-0.15, -0.1) is 16.4 Å². The van der Waals surface area contributed by atoms with E-state index < -0.39 is 0 Å². The Morgan fingerprint density at radius 2 is 2.24 bits per heavy atom. The zero-order chi connectivity index (χ0) is 14.7. The summed E-state index contributed by atoms with van der Waals surface area (Å²) in [5.41, 5.74) is 1.15. The Labute approximate surface area is 127 Å². The van der Waals surface area contributed by atoms with Gasteiger partial charge in [-0.2, -0.15) is 0 Å². The molecular weight excluding hydrogens is 286 g/mol. The maximum atomic E-state index is 12.1. The summed E-state index contributed by atoms with van der Waals surface area (Å²) in [4.78, 5) is 13.1. The fraction of sp³-hybridized carbons (Fsp3) is 0.533. The van der Waals surface area contributed by atoms with Gasteiger partial charge >= 0.3 is 5.97 Å². The predicted molar refractivity (Wildman–Crippen MR) is 81.4 cm³/mol. The monoisotopic (exact) mass is 305 g/mol. The molecule has 0 N–H and O–H groups in total. The molecule has 1 aliphatic rings. The second-order valence-electron chi connectivity index (χ2n) is 5.22. The van der Waals surface area contributed by atoms with Crippen LogP contribution in [0.15, 0.2) is 17.5 Å². The van der Waals surface area contributed by atoms with E-state index in [4.69, 9.17) is 4.74 Å². The van der Waals surface area contributed by atoms with Crippen LogP contribution in [0.2, 0.25) is 0 Å². The molecule has 112 valence electrons. The van der Waals surface area contributed by atoms with Gasteiger partial charge in [0.05, 0.1) is 17.5 Å². The van der Waals surface area contributed by atoms with Gasteiger partial charge in [0.15, 0.2) is 5.69 Å². The lowest BCUT2D eigenvalue weighted by atomic mass is 9.95. The average Bonchev–Trinajstić information content (AvgIpc) is 3.17. The van der Waals surface area contributed by atoms with Crippen LogP contribution in [-0.4, -0.2) is 27.6 Å². The van der Waals surface area contributed by atoms with Gasteiger partial charge in [0.25, 0.3) is 0 Å². The maximum Gasteiger partial charge on any atom is 0.361 e. The molecule has 0 amide bonds. The number of carbonyl (C=O) groups is 1. The SMILES string of the molecule is CCOC(=O)c1nnn(C2CCCCC2)c1-c1cccs1. The molecule has 2 aromatic rings. The Hall–Kier alpha value is -1.69. The summed E-state index contributed by atoms with van der Waals surface area (Å²) in [6, 6.07) is 4.32. The Morgan fingerprint density at radius 3 is 2.90 bits per heavy atom. The van der Waals surface area contributed by atoms with E-state index in [0.717, 1.165) is 23.4 Å². The summed E-state index contributed by atoms with van der Waals surface area (Å²) in [5, 5.41) is 10.4. The molecular formula is C15H19N3O2S. The number of carbonyl (C=O) groups excluding carboxylic acids is 1. The summed E-state index contributed by atoms with van der Waals surface area (Å²) in [6.07, 6.45) is 5.91. The third-order valence-corrected chi connectivity index (χ3v) is 4.71. The Balaban J connectivity index is 2.02. The first-order valence-electron chi connectivity index (χ1n) is 7.47. The number of esters is 1. The van der Waals surface area contributed by atoms with E-state index in [2.05, 4.69) is 10.3 Å². The van der Waals surface area contributed by atoms with Crippen molar-refractivity contribution in [2.24, 2.45) is 0 Å². The van der Waals surface area contributed by atoms with Gasteiger partial charge in [-0.25, -0.2) is 9.48 Å². The smallest absolute Gasteiger partial charge is 0.361 e. The van der Waals surface area contributed by atoms with Crippen molar-refractivity contribution in [2.45, 2.75) is 45.1 Å². The van der Waals surface area contributed by atoms with E-state index in [9.17, 15) is 4.79 Å². The minimum atomic E-state index is -0.386. The van der Waals surface area contributed by atoms with Crippen molar-refractivity contribution >= 4 is 17.3 Å². The standard InChI is InChI=1S/C15H19N3O2S/c1-2-20-15(19)13-14(12-9-6-10-21-12)18(17-16-13)11-7-4-3-5-8-11/h6,9-11H,2-5,7-8H2,1H3. The molecule has 21 heavy (non-hydrogen) atoms. The molecule has 6 heteroatoms. The van der Waals surface area contributed by atoms with Crippen molar-refractivity contribution in [3.05, 3.63) is 23.2 Å². The first-order valence-corrected chi connectivity index (χ1v) is 8.35. The van der Waals surface area contributed by atoms with E-state index >= 15 is 0 Å². The summed E-state index contributed by atoms with van der Waals surface area (Å²) in [5.74, 6) is -0.386. The molecule has 5 nitrogen and oxygen atoms in total. The molecule has 2 heterocycles. The number of hydrogen-bond donors (Lipinski definition) is 0. The van der Waals surface area contributed by atoms with Crippen LogP contribution in [-0.2, 0) is 4.74 Å². The molecule has 1 fully saturated rings. The van der Waals surface area contributed by atoms with Crippen LogP contribution < -0.4 is 0 Å². The normalized spacial score (nSPS) is 16.0. The fourth-order valence-electron chi connectivity index (χ4n) is 2.85. The van der Waals surface area contributed by atoms with Crippen LogP contribution in [0.1, 0.15) is 55.6 Å². The van der Waals surface area contributed by atoms with Crippen LogP contribution in [0.5, 0.6) is 0 Å². The van der Waals surface area contributed by atoms with Gasteiger partial charge in [0, 0.05) is 0 Å². The van der Waals surface area contributed by atoms with Gasteiger partial charge < -0.3 is 4.74 Å². The molecule has 0 aromatic carbocycles. The van der Waals surface area contributed by atoms with Crippen molar-refractivity contribution in [3.63, 3.8) is 0 Å². The zero-order valence-electron chi connectivity index (χ0n) is 12.1. The summed E-state index contributed by atoms with van der Waals surface area (Å²) < 4.78 is 7.06. The van der Waals surface area contributed by atoms with Crippen molar-refractivity contribution in [1.82, 2.24) is 15.0 Å². The highest BCUT2D eigenvalue weighted by Crippen LogP contribution is 2.34. The van der Waals surface area contributed by atoms with Crippen LogP contribution >= 0.6 is 11.3 Å². The fourth-order valence-corrected chi connectivity index (χ4v) is 3.62. The number of rotatable bonds is 4. The van der Waals surface area contributed by atoms with E-state index in [1.807, 2.05) is 22.2 Å². The minimum absolute atomic E-state index is 0.338. The highest BCUT2D eigenvalue weighted by molar-refractivity contribution is 7.13. The lowest BCUT2D eigenvalue weighted by Gasteiger charge is -2.23. The third kappa shape index (κ3) is 2.85. The second-order valence-corrected chi connectivity index (χ2v) is 6.17. The second kappa shape index (κ2) is 6.39. The molecule has 0 aliphatic heterocycles. The van der Waals surface area contributed by atoms with Crippen molar-refractivity contribution < 1.29 is 9.53 Å². The molecule has 3 rings (SSSR count). The van der Waals surface area contributed by atoms with Crippen molar-refractivity contribution in [2.75, 3.05) is 6.61 Å².